The van der Waals surface area contributed by atoms with Crippen LogP contribution >= 0.6 is 0 Å². The third-order valence-corrected chi connectivity index (χ3v) is 0.659. The fraction of sp³-hybridized carbons (Fsp3) is 0.500. The Bertz CT molecular complexity index is 108. The van der Waals surface area contributed by atoms with Gasteiger partial charge in [0.2, 0.25) is 0 Å². The molecule has 0 unspecified atom stereocenters. The largest absolute Gasteiger partial charge is 0.389 e. The van der Waals surface area contributed by atoms with Crippen LogP contribution in [0.5, 0.6) is 0 Å². The summed E-state index contributed by atoms with van der Waals surface area (Å²) in [6.07, 6.45) is -0.479. The molecule has 3 N–H and O–H groups in total. The molecule has 0 saturated carbocycles. The molecule has 0 aliphatic carbocycles. The number of amides is 1. The molecule has 0 aliphatic heterocycles. The van der Waals surface area contributed by atoms with E-state index in [1.54, 1.807) is 0 Å². The van der Waals surface area contributed by atoms with Crippen LogP contribution in [0.4, 0.5) is 0 Å². The second kappa shape index (κ2) is 3.99. The number of hydrogen-bond acceptors (Lipinski definition) is 4. The molecule has 0 bridgehead atoms. The smallest absolute Gasteiger partial charge is 0.250 e. The van der Waals surface area contributed by atoms with E-state index in [1.807, 2.05) is 0 Å². The van der Waals surface area contributed by atoms with Gasteiger partial charge < -0.3 is 5.11 Å². The van der Waals surface area contributed by atoms with Crippen LogP contribution in [0.3, 0.4) is 0 Å². The monoisotopic (exact) mass is 133 g/mol. The molecular formula is C4H7NO4. The lowest BCUT2D eigenvalue weighted by atomic mass is 10.3. The zero-order chi connectivity index (χ0) is 7.28. The molecule has 0 aromatic rings. The second-order valence-electron chi connectivity index (χ2n) is 1.41. The summed E-state index contributed by atoms with van der Waals surface area (Å²) in [6.45, 7) is -0.673. The van der Waals surface area contributed by atoms with E-state index < -0.39 is 24.7 Å². The maximum atomic E-state index is 10.2. The van der Waals surface area contributed by atoms with Crippen molar-refractivity contribution in [2.45, 2.75) is 6.42 Å². The summed E-state index contributed by atoms with van der Waals surface area (Å²) in [7, 11) is 0. The minimum Gasteiger partial charge on any atom is -0.389 e. The Balaban J connectivity index is 3.47. The third-order valence-electron chi connectivity index (χ3n) is 0.659. The van der Waals surface area contributed by atoms with Crippen molar-refractivity contribution in [3.05, 3.63) is 0 Å². The highest BCUT2D eigenvalue weighted by Gasteiger charge is 2.05. The predicted octanol–water partition coefficient (Wildman–Crippen LogP) is -1.56. The number of hydrogen-bond donors (Lipinski definition) is 3. The van der Waals surface area contributed by atoms with Crippen LogP contribution in [0, 0.1) is 0 Å². The number of rotatable bonds is 3. The van der Waals surface area contributed by atoms with Gasteiger partial charge in [-0.2, -0.15) is 0 Å². The van der Waals surface area contributed by atoms with Crippen molar-refractivity contribution in [1.82, 2.24) is 5.48 Å². The summed E-state index contributed by atoms with van der Waals surface area (Å²) in [6, 6.07) is 0. The van der Waals surface area contributed by atoms with E-state index in [-0.39, 0.29) is 0 Å². The molecule has 5 nitrogen and oxygen atoms in total. The zero-order valence-corrected chi connectivity index (χ0v) is 4.63. The van der Waals surface area contributed by atoms with E-state index in [1.165, 1.54) is 5.48 Å². The molecule has 52 valence electrons. The molecule has 5 heteroatoms. The average Bonchev–Trinajstić information content (AvgIpc) is 1.87. The Labute approximate surface area is 51.2 Å². The number of hydroxylamine groups is 1. The summed E-state index contributed by atoms with van der Waals surface area (Å²) < 4.78 is 0. The number of nitrogens with one attached hydrogen (secondary N) is 1. The molecule has 0 aromatic carbocycles. The van der Waals surface area contributed by atoms with E-state index in [9.17, 15) is 9.59 Å². The number of aliphatic hydroxyl groups excluding tert-OH is 1. The highest BCUT2D eigenvalue weighted by molar-refractivity contribution is 5.97. The topological polar surface area (TPSA) is 86.6 Å². The van der Waals surface area contributed by atoms with Gasteiger partial charge in [0.05, 0.1) is 6.42 Å². The molecule has 1 amide bonds. The Hall–Kier alpha value is -0.940. The first-order valence-electron chi connectivity index (χ1n) is 2.26. The lowest BCUT2D eigenvalue weighted by Gasteiger charge is -1.92. The first kappa shape index (κ1) is 8.06. The Morgan fingerprint density at radius 3 is 2.33 bits per heavy atom. The van der Waals surface area contributed by atoms with Crippen LogP contribution in [0.15, 0.2) is 0 Å². The molecule has 0 rings (SSSR count). The van der Waals surface area contributed by atoms with Gasteiger partial charge in [-0.3, -0.25) is 14.8 Å². The van der Waals surface area contributed by atoms with Crippen molar-refractivity contribution in [2.75, 3.05) is 6.61 Å². The van der Waals surface area contributed by atoms with Gasteiger partial charge in [0.25, 0.3) is 5.91 Å². The van der Waals surface area contributed by atoms with Crippen molar-refractivity contribution < 1.29 is 19.9 Å². The maximum Gasteiger partial charge on any atom is 0.250 e. The molecule has 0 heterocycles. The van der Waals surface area contributed by atoms with E-state index in [2.05, 4.69) is 0 Å². The molecule has 9 heavy (non-hydrogen) atoms. The van der Waals surface area contributed by atoms with Crippen LogP contribution in [-0.2, 0) is 9.59 Å². The van der Waals surface area contributed by atoms with Gasteiger partial charge in [0, 0.05) is 0 Å². The van der Waals surface area contributed by atoms with E-state index in [4.69, 9.17) is 10.3 Å². The number of Topliss-reactive ketones (excluding diaryl/α,β-unsaturated/α-hetero) is 1. The first-order chi connectivity index (χ1) is 4.20. The van der Waals surface area contributed by atoms with E-state index >= 15 is 0 Å². The molecule has 0 spiro atoms. The highest BCUT2D eigenvalue weighted by atomic mass is 16.5. The first-order valence-corrected chi connectivity index (χ1v) is 2.26. The summed E-state index contributed by atoms with van der Waals surface area (Å²) in [5.74, 6) is -1.43. The maximum absolute atomic E-state index is 10.2. The molecule has 0 atom stereocenters. The summed E-state index contributed by atoms with van der Waals surface area (Å²) >= 11 is 0. The van der Waals surface area contributed by atoms with Gasteiger partial charge in [-0.1, -0.05) is 0 Å². The molecule has 0 radical (unpaired) electrons. The SMILES string of the molecule is O=C(CO)CC(=O)NO. The molecule has 0 saturated heterocycles. The van der Waals surface area contributed by atoms with Gasteiger partial charge in [0.15, 0.2) is 5.78 Å². The lowest BCUT2D eigenvalue weighted by Crippen LogP contribution is -2.23. The van der Waals surface area contributed by atoms with Crippen LogP contribution in [0.2, 0.25) is 0 Å². The minimum atomic E-state index is -0.811. The summed E-state index contributed by atoms with van der Waals surface area (Å²) in [5.41, 5.74) is 1.26. The zero-order valence-electron chi connectivity index (χ0n) is 4.63. The van der Waals surface area contributed by atoms with Crippen LogP contribution < -0.4 is 5.48 Å². The van der Waals surface area contributed by atoms with Crippen LogP contribution in [0.1, 0.15) is 6.42 Å². The van der Waals surface area contributed by atoms with Crippen molar-refractivity contribution >= 4 is 11.7 Å². The number of ketones is 1. The van der Waals surface area contributed by atoms with Crippen LogP contribution in [0.25, 0.3) is 0 Å². The van der Waals surface area contributed by atoms with Gasteiger partial charge in [-0.15, -0.1) is 0 Å². The van der Waals surface area contributed by atoms with Crippen molar-refractivity contribution in [2.24, 2.45) is 0 Å². The quantitative estimate of drug-likeness (QED) is 0.247. The van der Waals surface area contributed by atoms with Gasteiger partial charge >= 0.3 is 0 Å². The van der Waals surface area contributed by atoms with Crippen molar-refractivity contribution in [1.29, 1.82) is 0 Å². The van der Waals surface area contributed by atoms with Gasteiger partial charge in [0.1, 0.15) is 6.61 Å². The summed E-state index contributed by atoms with van der Waals surface area (Å²) in [4.78, 5) is 20.2. The Kier molecular flexibility index (Phi) is 3.57. The fourth-order valence-electron chi connectivity index (χ4n) is 0.275. The van der Waals surface area contributed by atoms with E-state index in [0.29, 0.717) is 0 Å². The lowest BCUT2D eigenvalue weighted by molar-refractivity contribution is -0.134. The van der Waals surface area contributed by atoms with Gasteiger partial charge in [-0.05, 0) is 0 Å². The third kappa shape index (κ3) is 3.63. The molecule has 0 fully saturated rings. The number of aliphatic hydroxyl groups is 1. The van der Waals surface area contributed by atoms with E-state index in [0.717, 1.165) is 0 Å². The van der Waals surface area contributed by atoms with Crippen molar-refractivity contribution in [3.8, 4) is 0 Å². The van der Waals surface area contributed by atoms with Crippen LogP contribution in [-0.4, -0.2) is 28.6 Å². The molecule has 0 aromatic heterocycles. The highest BCUT2D eigenvalue weighted by Crippen LogP contribution is 1.79. The molecule has 0 aliphatic rings. The Morgan fingerprint density at radius 1 is 1.44 bits per heavy atom. The number of carbonyl (C=O) groups is 2. The minimum absolute atomic E-state index is 0.479. The summed E-state index contributed by atoms with van der Waals surface area (Å²) in [5, 5.41) is 15.9. The fourth-order valence-corrected chi connectivity index (χ4v) is 0.275. The standard InChI is InChI=1S/C4H7NO4/c6-2-3(7)1-4(8)5-9/h6,9H,1-2H2,(H,5,8). The van der Waals surface area contributed by atoms with Gasteiger partial charge in [-0.25, -0.2) is 5.48 Å². The Morgan fingerprint density at radius 2 is 2.00 bits per heavy atom. The average molecular weight is 133 g/mol. The number of carbonyl (C=O) groups excluding carboxylic acids is 2. The normalized spacial score (nSPS) is 8.67. The second-order valence-corrected chi connectivity index (χ2v) is 1.41. The van der Waals surface area contributed by atoms with Crippen molar-refractivity contribution in [3.63, 3.8) is 0 Å². The molecular weight excluding hydrogens is 126 g/mol. The predicted molar refractivity (Wildman–Crippen MR) is 26.6 cm³/mol.